The minimum atomic E-state index is -0.781. The van der Waals surface area contributed by atoms with Crippen molar-refractivity contribution in [3.05, 3.63) is 17.4 Å². The molecule has 3 N–H and O–H groups in total. The number of halogens is 1. The highest BCUT2D eigenvalue weighted by atomic mass is 19.1. The molecule has 80 valence electrons. The number of ether oxygens (including phenoxy) is 2. The maximum absolute atomic E-state index is 13.6. The molecule has 0 spiro atoms. The van der Waals surface area contributed by atoms with Crippen molar-refractivity contribution in [3.63, 3.8) is 0 Å². The van der Waals surface area contributed by atoms with E-state index in [1.54, 1.807) is 6.07 Å². The first-order valence-electron chi connectivity index (χ1n) is 4.72. The summed E-state index contributed by atoms with van der Waals surface area (Å²) in [4.78, 5) is 0. The van der Waals surface area contributed by atoms with E-state index in [0.717, 1.165) is 12.8 Å². The number of hydrogen-bond acceptors (Lipinski definition) is 4. The van der Waals surface area contributed by atoms with E-state index in [4.69, 9.17) is 15.2 Å². The summed E-state index contributed by atoms with van der Waals surface area (Å²) in [5.41, 5.74) is 5.72. The Hall–Kier alpha value is -1.49. The molecule has 1 heterocycles. The van der Waals surface area contributed by atoms with E-state index >= 15 is 0 Å². The highest BCUT2D eigenvalue weighted by Gasteiger charge is 2.44. The predicted octanol–water partition coefficient (Wildman–Crippen LogP) is 1.21. The molecule has 0 radical (unpaired) electrons. The Morgan fingerprint density at radius 1 is 1.40 bits per heavy atom. The number of hydrogen-bond donors (Lipinski definition) is 2. The van der Waals surface area contributed by atoms with Gasteiger partial charge in [0, 0.05) is 11.1 Å². The van der Waals surface area contributed by atoms with Crippen LogP contribution in [-0.4, -0.2) is 11.9 Å². The molecule has 0 bridgehead atoms. The van der Waals surface area contributed by atoms with Gasteiger partial charge in [-0.2, -0.15) is 4.39 Å². The fraction of sp³-hybridized carbons (Fsp3) is 0.400. The molecule has 1 aliphatic heterocycles. The Kier molecular flexibility index (Phi) is 1.49. The van der Waals surface area contributed by atoms with E-state index in [1.807, 2.05) is 0 Å². The summed E-state index contributed by atoms with van der Waals surface area (Å²) in [6.45, 7) is -0.0211. The van der Waals surface area contributed by atoms with Gasteiger partial charge in [0.1, 0.15) is 0 Å². The van der Waals surface area contributed by atoms with Crippen LogP contribution >= 0.6 is 0 Å². The van der Waals surface area contributed by atoms with E-state index in [1.165, 1.54) is 0 Å². The normalized spacial score (nSPS) is 20.4. The van der Waals surface area contributed by atoms with E-state index in [2.05, 4.69) is 0 Å². The number of aromatic hydroxyl groups is 1. The molecule has 0 saturated heterocycles. The number of benzene rings is 1. The van der Waals surface area contributed by atoms with Crippen LogP contribution in [0.1, 0.15) is 18.4 Å². The van der Waals surface area contributed by atoms with Gasteiger partial charge < -0.3 is 20.3 Å². The van der Waals surface area contributed by atoms with Crippen LogP contribution in [0, 0.1) is 5.82 Å². The highest BCUT2D eigenvalue weighted by molar-refractivity contribution is 5.56. The van der Waals surface area contributed by atoms with Gasteiger partial charge in [-0.1, -0.05) is 0 Å². The van der Waals surface area contributed by atoms with Crippen LogP contribution in [0.3, 0.4) is 0 Å². The van der Waals surface area contributed by atoms with Crippen molar-refractivity contribution in [1.82, 2.24) is 0 Å². The molecule has 1 aromatic carbocycles. The summed E-state index contributed by atoms with van der Waals surface area (Å²) < 4.78 is 23.6. The quantitative estimate of drug-likeness (QED) is 0.732. The second-order valence-corrected chi connectivity index (χ2v) is 3.98. The van der Waals surface area contributed by atoms with Crippen LogP contribution in [0.5, 0.6) is 17.2 Å². The molecular weight excluding hydrogens is 201 g/mol. The van der Waals surface area contributed by atoms with Gasteiger partial charge in [-0.15, -0.1) is 0 Å². The van der Waals surface area contributed by atoms with Gasteiger partial charge in [-0.3, -0.25) is 0 Å². The second kappa shape index (κ2) is 2.55. The molecule has 0 amide bonds. The molecule has 0 atom stereocenters. The lowest BCUT2D eigenvalue weighted by Gasteiger charge is -2.13. The zero-order valence-electron chi connectivity index (χ0n) is 7.92. The summed E-state index contributed by atoms with van der Waals surface area (Å²) in [6, 6.07) is 1.56. The number of fused-ring (bicyclic) bond motifs is 1. The van der Waals surface area contributed by atoms with Gasteiger partial charge in [0.05, 0.1) is 0 Å². The average Bonchev–Trinajstić information content (AvgIpc) is 2.80. The molecule has 1 aliphatic carbocycles. The van der Waals surface area contributed by atoms with Crippen molar-refractivity contribution in [3.8, 4) is 17.2 Å². The van der Waals surface area contributed by atoms with Crippen LogP contribution in [0.25, 0.3) is 0 Å². The van der Waals surface area contributed by atoms with Crippen molar-refractivity contribution in [1.29, 1.82) is 0 Å². The third-order valence-corrected chi connectivity index (χ3v) is 2.90. The molecule has 1 saturated carbocycles. The van der Waals surface area contributed by atoms with Crippen molar-refractivity contribution in [2.45, 2.75) is 18.4 Å². The van der Waals surface area contributed by atoms with Gasteiger partial charge in [0.2, 0.25) is 18.4 Å². The van der Waals surface area contributed by atoms with E-state index in [-0.39, 0.29) is 12.5 Å². The van der Waals surface area contributed by atoms with Crippen molar-refractivity contribution >= 4 is 0 Å². The van der Waals surface area contributed by atoms with Gasteiger partial charge >= 0.3 is 0 Å². The third-order valence-electron chi connectivity index (χ3n) is 2.90. The average molecular weight is 211 g/mol. The lowest BCUT2D eigenvalue weighted by atomic mass is 10.0. The molecule has 4 nitrogen and oxygen atoms in total. The maximum Gasteiger partial charge on any atom is 0.231 e. The zero-order valence-corrected chi connectivity index (χ0v) is 7.92. The molecule has 0 aromatic heterocycles. The molecule has 1 aromatic rings. The molecule has 5 heteroatoms. The Bertz CT molecular complexity index is 443. The van der Waals surface area contributed by atoms with Crippen molar-refractivity contribution < 1.29 is 19.0 Å². The molecule has 1 fully saturated rings. The number of nitrogens with two attached hydrogens (primary N) is 1. The van der Waals surface area contributed by atoms with Gasteiger partial charge in [-0.25, -0.2) is 0 Å². The van der Waals surface area contributed by atoms with E-state index in [0.29, 0.717) is 11.3 Å². The summed E-state index contributed by atoms with van der Waals surface area (Å²) in [7, 11) is 0. The zero-order chi connectivity index (χ0) is 10.6. The first-order valence-corrected chi connectivity index (χ1v) is 4.72. The smallest absolute Gasteiger partial charge is 0.231 e. The first-order chi connectivity index (χ1) is 7.12. The SMILES string of the molecule is NC1(c2cc3c(c(F)c2O)OCO3)CC1. The molecule has 2 aliphatic rings. The van der Waals surface area contributed by atoms with Gasteiger partial charge in [-0.05, 0) is 18.9 Å². The summed E-state index contributed by atoms with van der Waals surface area (Å²) in [5.74, 6) is -0.909. The number of phenolic OH excluding ortho intramolecular Hbond substituents is 1. The predicted molar refractivity (Wildman–Crippen MR) is 49.3 cm³/mol. The van der Waals surface area contributed by atoms with E-state index in [9.17, 15) is 9.50 Å². The van der Waals surface area contributed by atoms with Crippen LogP contribution in [-0.2, 0) is 5.54 Å². The lowest BCUT2D eigenvalue weighted by Crippen LogP contribution is -2.19. The largest absolute Gasteiger partial charge is 0.504 e. The van der Waals surface area contributed by atoms with Crippen LogP contribution in [0.4, 0.5) is 4.39 Å². The molecule has 3 rings (SSSR count). The summed E-state index contributed by atoms with van der Waals surface area (Å²) >= 11 is 0. The second-order valence-electron chi connectivity index (χ2n) is 3.98. The number of rotatable bonds is 1. The highest BCUT2D eigenvalue weighted by Crippen LogP contribution is 2.51. The summed E-state index contributed by atoms with van der Waals surface area (Å²) in [6.07, 6.45) is 1.50. The monoisotopic (exact) mass is 211 g/mol. The van der Waals surface area contributed by atoms with E-state index < -0.39 is 17.1 Å². The number of phenols is 1. The maximum atomic E-state index is 13.6. The standard InChI is InChI=1S/C10H10FNO3/c11-7-8(13)5(10(12)1-2-10)3-6-9(7)15-4-14-6/h3,13H,1-2,4,12H2. The Morgan fingerprint density at radius 3 is 2.80 bits per heavy atom. The summed E-state index contributed by atoms with van der Waals surface area (Å²) in [5, 5.41) is 9.65. The molecule has 15 heavy (non-hydrogen) atoms. The minimum Gasteiger partial charge on any atom is -0.504 e. The third kappa shape index (κ3) is 1.10. The van der Waals surface area contributed by atoms with Crippen molar-refractivity contribution in [2.24, 2.45) is 5.73 Å². The Labute approximate surface area is 85.4 Å². The van der Waals surface area contributed by atoms with Gasteiger partial charge in [0.25, 0.3) is 0 Å². The van der Waals surface area contributed by atoms with Crippen molar-refractivity contribution in [2.75, 3.05) is 6.79 Å². The van der Waals surface area contributed by atoms with Crippen LogP contribution in [0.2, 0.25) is 0 Å². The van der Waals surface area contributed by atoms with Crippen LogP contribution < -0.4 is 15.2 Å². The van der Waals surface area contributed by atoms with Crippen LogP contribution in [0.15, 0.2) is 6.07 Å². The fourth-order valence-electron chi connectivity index (χ4n) is 1.78. The van der Waals surface area contributed by atoms with Gasteiger partial charge in [0.15, 0.2) is 11.5 Å². The topological polar surface area (TPSA) is 64.7 Å². The minimum absolute atomic E-state index is 0.0211. The lowest BCUT2D eigenvalue weighted by molar-refractivity contribution is 0.170. The molecular formula is C10H10FNO3. The Morgan fingerprint density at radius 2 is 2.13 bits per heavy atom. The molecule has 0 unspecified atom stereocenters. The fourth-order valence-corrected chi connectivity index (χ4v) is 1.78. The Balaban J connectivity index is 2.20. The first kappa shape index (κ1) is 8.79.